The van der Waals surface area contributed by atoms with E-state index in [2.05, 4.69) is 22.4 Å². The molecule has 0 aliphatic rings. The second kappa shape index (κ2) is 5.84. The van der Waals surface area contributed by atoms with Crippen molar-refractivity contribution in [3.63, 3.8) is 0 Å². The standard InChI is InChI=1S/C16H14N2OS/c19-16(17-8-6-12-4-2-1-3-5-12)14-10-15-13(11-18-14)7-9-20-15/h1-5,7,9-11H,6,8H2,(H,17,19). The lowest BCUT2D eigenvalue weighted by molar-refractivity contribution is 0.0949. The molecule has 1 N–H and O–H groups in total. The van der Waals surface area contributed by atoms with Gasteiger partial charge in [-0.15, -0.1) is 11.3 Å². The summed E-state index contributed by atoms with van der Waals surface area (Å²) in [6.45, 7) is 0.618. The maximum absolute atomic E-state index is 12.0. The molecule has 2 aromatic heterocycles. The van der Waals surface area contributed by atoms with Crippen molar-refractivity contribution in [2.24, 2.45) is 0 Å². The van der Waals surface area contributed by atoms with E-state index >= 15 is 0 Å². The van der Waals surface area contributed by atoms with E-state index in [1.54, 1.807) is 17.5 Å². The molecule has 0 aliphatic heterocycles. The van der Waals surface area contributed by atoms with Gasteiger partial charge in [-0.2, -0.15) is 0 Å². The predicted molar refractivity (Wildman–Crippen MR) is 82.1 cm³/mol. The highest BCUT2D eigenvalue weighted by molar-refractivity contribution is 7.17. The Kier molecular flexibility index (Phi) is 3.74. The molecule has 20 heavy (non-hydrogen) atoms. The fourth-order valence-corrected chi connectivity index (χ4v) is 2.83. The summed E-state index contributed by atoms with van der Waals surface area (Å²) in [5.41, 5.74) is 1.70. The SMILES string of the molecule is O=C(NCCc1ccccc1)c1cc2sccc2cn1. The third-order valence-electron chi connectivity index (χ3n) is 3.11. The zero-order valence-corrected chi connectivity index (χ0v) is 11.7. The third-order valence-corrected chi connectivity index (χ3v) is 3.99. The van der Waals surface area contributed by atoms with Gasteiger partial charge >= 0.3 is 0 Å². The van der Waals surface area contributed by atoms with Crippen molar-refractivity contribution >= 4 is 27.3 Å². The van der Waals surface area contributed by atoms with Crippen LogP contribution in [-0.4, -0.2) is 17.4 Å². The van der Waals surface area contributed by atoms with Crippen molar-refractivity contribution < 1.29 is 4.79 Å². The third kappa shape index (κ3) is 2.86. The van der Waals surface area contributed by atoms with Crippen LogP contribution < -0.4 is 5.32 Å². The van der Waals surface area contributed by atoms with Crippen LogP contribution in [0.4, 0.5) is 0 Å². The molecule has 0 spiro atoms. The van der Waals surface area contributed by atoms with Gasteiger partial charge in [0.05, 0.1) is 0 Å². The fraction of sp³-hybridized carbons (Fsp3) is 0.125. The van der Waals surface area contributed by atoms with Gasteiger partial charge in [0.2, 0.25) is 0 Å². The first-order chi connectivity index (χ1) is 9.83. The van der Waals surface area contributed by atoms with E-state index < -0.39 is 0 Å². The zero-order chi connectivity index (χ0) is 13.8. The lowest BCUT2D eigenvalue weighted by Crippen LogP contribution is -2.26. The Bertz CT molecular complexity index is 721. The number of nitrogens with one attached hydrogen (secondary N) is 1. The molecule has 2 heterocycles. The van der Waals surface area contributed by atoms with Crippen LogP contribution in [0.25, 0.3) is 10.1 Å². The second-order valence-corrected chi connectivity index (χ2v) is 5.47. The molecule has 1 aromatic carbocycles. The van der Waals surface area contributed by atoms with Crippen LogP contribution in [0, 0.1) is 0 Å². The van der Waals surface area contributed by atoms with Gasteiger partial charge in [0.25, 0.3) is 5.91 Å². The summed E-state index contributed by atoms with van der Waals surface area (Å²) < 4.78 is 1.09. The van der Waals surface area contributed by atoms with Crippen molar-refractivity contribution in [2.75, 3.05) is 6.54 Å². The van der Waals surface area contributed by atoms with Crippen LogP contribution in [0.5, 0.6) is 0 Å². The Morgan fingerprint density at radius 2 is 2.05 bits per heavy atom. The first-order valence-corrected chi connectivity index (χ1v) is 7.36. The summed E-state index contributed by atoms with van der Waals surface area (Å²) in [7, 11) is 0. The molecule has 0 radical (unpaired) electrons. The molecule has 0 saturated carbocycles. The van der Waals surface area contributed by atoms with E-state index in [1.807, 2.05) is 35.7 Å². The van der Waals surface area contributed by atoms with Gasteiger partial charge in [0.1, 0.15) is 5.69 Å². The molecule has 3 aromatic rings. The number of fused-ring (bicyclic) bond motifs is 1. The first kappa shape index (κ1) is 12.8. The Hall–Kier alpha value is -2.20. The summed E-state index contributed by atoms with van der Waals surface area (Å²) in [5.74, 6) is -0.115. The molecule has 4 heteroatoms. The van der Waals surface area contributed by atoms with Crippen LogP contribution in [-0.2, 0) is 6.42 Å². The number of carbonyl (C=O) groups excluding carboxylic acids is 1. The number of amides is 1. The van der Waals surface area contributed by atoms with Gasteiger partial charge in [0, 0.05) is 22.8 Å². The molecule has 0 bridgehead atoms. The Morgan fingerprint density at radius 1 is 1.20 bits per heavy atom. The number of rotatable bonds is 4. The predicted octanol–water partition coefficient (Wildman–Crippen LogP) is 3.27. The van der Waals surface area contributed by atoms with Crippen LogP contribution in [0.15, 0.2) is 54.0 Å². The average molecular weight is 282 g/mol. The van der Waals surface area contributed by atoms with Gasteiger partial charge in [-0.3, -0.25) is 9.78 Å². The van der Waals surface area contributed by atoms with E-state index in [4.69, 9.17) is 0 Å². The maximum atomic E-state index is 12.0. The van der Waals surface area contributed by atoms with Gasteiger partial charge in [-0.25, -0.2) is 0 Å². The molecule has 0 saturated heterocycles. The van der Waals surface area contributed by atoms with E-state index in [0.717, 1.165) is 16.5 Å². The number of aromatic nitrogens is 1. The summed E-state index contributed by atoms with van der Waals surface area (Å²) in [4.78, 5) is 16.2. The molecule has 0 unspecified atom stereocenters. The minimum absolute atomic E-state index is 0.115. The number of thiophene rings is 1. The van der Waals surface area contributed by atoms with E-state index in [9.17, 15) is 4.79 Å². The van der Waals surface area contributed by atoms with Crippen LogP contribution >= 0.6 is 11.3 Å². The first-order valence-electron chi connectivity index (χ1n) is 6.48. The van der Waals surface area contributed by atoms with Crippen LogP contribution in [0.1, 0.15) is 16.1 Å². The Labute approximate surface area is 121 Å². The summed E-state index contributed by atoms with van der Waals surface area (Å²) in [6, 6.07) is 14.0. The van der Waals surface area contributed by atoms with Crippen LogP contribution in [0.2, 0.25) is 0 Å². The zero-order valence-electron chi connectivity index (χ0n) is 10.9. The molecule has 1 amide bonds. The van der Waals surface area contributed by atoms with Gasteiger partial charge in [-0.1, -0.05) is 30.3 Å². The van der Waals surface area contributed by atoms with Gasteiger partial charge < -0.3 is 5.32 Å². The minimum atomic E-state index is -0.115. The number of hydrogen-bond donors (Lipinski definition) is 1. The minimum Gasteiger partial charge on any atom is -0.350 e. The van der Waals surface area contributed by atoms with Crippen molar-refractivity contribution in [3.05, 3.63) is 65.3 Å². The Morgan fingerprint density at radius 3 is 2.90 bits per heavy atom. The second-order valence-electron chi connectivity index (χ2n) is 4.52. The highest BCUT2D eigenvalue weighted by Crippen LogP contribution is 2.20. The van der Waals surface area contributed by atoms with Crippen molar-refractivity contribution in [1.29, 1.82) is 0 Å². The molecule has 0 atom stereocenters. The molecule has 3 rings (SSSR count). The highest BCUT2D eigenvalue weighted by Gasteiger charge is 2.08. The molecule has 100 valence electrons. The van der Waals surface area contributed by atoms with E-state index in [-0.39, 0.29) is 5.91 Å². The lowest BCUT2D eigenvalue weighted by Gasteiger charge is -2.05. The monoisotopic (exact) mass is 282 g/mol. The van der Waals surface area contributed by atoms with E-state index in [1.165, 1.54) is 5.56 Å². The largest absolute Gasteiger partial charge is 0.350 e. The van der Waals surface area contributed by atoms with Crippen molar-refractivity contribution in [2.45, 2.75) is 6.42 Å². The highest BCUT2D eigenvalue weighted by atomic mass is 32.1. The molecule has 0 aliphatic carbocycles. The topological polar surface area (TPSA) is 42.0 Å². The van der Waals surface area contributed by atoms with E-state index in [0.29, 0.717) is 12.2 Å². The molecule has 0 fully saturated rings. The van der Waals surface area contributed by atoms with Gasteiger partial charge in [-0.05, 0) is 29.5 Å². The number of nitrogens with zero attached hydrogens (tertiary/aromatic N) is 1. The summed E-state index contributed by atoms with van der Waals surface area (Å²) >= 11 is 1.62. The van der Waals surface area contributed by atoms with Crippen LogP contribution in [0.3, 0.4) is 0 Å². The number of carbonyl (C=O) groups is 1. The summed E-state index contributed by atoms with van der Waals surface area (Å²) in [5, 5.41) is 5.99. The maximum Gasteiger partial charge on any atom is 0.269 e. The molecular formula is C16H14N2OS. The summed E-state index contributed by atoms with van der Waals surface area (Å²) in [6.07, 6.45) is 2.58. The number of hydrogen-bond acceptors (Lipinski definition) is 3. The smallest absolute Gasteiger partial charge is 0.269 e. The quantitative estimate of drug-likeness (QED) is 0.798. The Balaban J connectivity index is 1.61. The van der Waals surface area contributed by atoms with Crippen molar-refractivity contribution in [1.82, 2.24) is 10.3 Å². The average Bonchev–Trinajstić information content (AvgIpc) is 2.95. The fourth-order valence-electron chi connectivity index (χ4n) is 2.04. The van der Waals surface area contributed by atoms with Crippen molar-refractivity contribution in [3.8, 4) is 0 Å². The number of benzene rings is 1. The lowest BCUT2D eigenvalue weighted by atomic mass is 10.1. The molecule has 3 nitrogen and oxygen atoms in total. The molecular weight excluding hydrogens is 268 g/mol. The normalized spacial score (nSPS) is 10.6. The number of pyridine rings is 1. The van der Waals surface area contributed by atoms with Gasteiger partial charge in [0.15, 0.2) is 0 Å².